The number of carbonyl (C=O) groups is 2. The molecule has 0 atom stereocenters. The summed E-state index contributed by atoms with van der Waals surface area (Å²) in [5.41, 5.74) is 1.22. The van der Waals surface area contributed by atoms with Gasteiger partial charge < -0.3 is 24.7 Å². The van der Waals surface area contributed by atoms with Gasteiger partial charge in [-0.15, -0.1) is 0 Å². The SMILES string of the molecule is O=C(Nc1ccc(OCC(=O)N2CCOCC2)cc1)c1cc[nH]c1. The summed E-state index contributed by atoms with van der Waals surface area (Å²) in [6.45, 7) is 2.34. The zero-order chi connectivity index (χ0) is 16.8. The minimum absolute atomic E-state index is 0.00490. The second kappa shape index (κ2) is 7.65. The van der Waals surface area contributed by atoms with Crippen LogP contribution >= 0.6 is 0 Å². The third-order valence-corrected chi connectivity index (χ3v) is 3.70. The Morgan fingerprint density at radius 3 is 2.58 bits per heavy atom. The summed E-state index contributed by atoms with van der Waals surface area (Å²) in [5, 5.41) is 2.78. The number of hydrogen-bond donors (Lipinski definition) is 2. The highest BCUT2D eigenvalue weighted by Crippen LogP contribution is 2.16. The highest BCUT2D eigenvalue weighted by atomic mass is 16.5. The van der Waals surface area contributed by atoms with Gasteiger partial charge in [0.25, 0.3) is 11.8 Å². The van der Waals surface area contributed by atoms with E-state index in [9.17, 15) is 9.59 Å². The third kappa shape index (κ3) is 4.14. The molecule has 1 aliphatic rings. The first-order valence-corrected chi connectivity index (χ1v) is 7.75. The Kier molecular flexibility index (Phi) is 5.12. The van der Waals surface area contributed by atoms with Crippen LogP contribution in [0.3, 0.4) is 0 Å². The lowest BCUT2D eigenvalue weighted by atomic mass is 10.2. The topological polar surface area (TPSA) is 83.7 Å². The summed E-state index contributed by atoms with van der Waals surface area (Å²) in [4.78, 5) is 28.5. The first-order chi connectivity index (χ1) is 11.7. The molecular weight excluding hydrogens is 310 g/mol. The molecule has 1 fully saturated rings. The van der Waals surface area contributed by atoms with E-state index < -0.39 is 0 Å². The van der Waals surface area contributed by atoms with Crippen molar-refractivity contribution < 1.29 is 19.1 Å². The Morgan fingerprint density at radius 2 is 1.92 bits per heavy atom. The van der Waals surface area contributed by atoms with Crippen LogP contribution in [0, 0.1) is 0 Å². The molecule has 2 amide bonds. The van der Waals surface area contributed by atoms with Crippen molar-refractivity contribution >= 4 is 17.5 Å². The maximum absolute atomic E-state index is 12.0. The van der Waals surface area contributed by atoms with E-state index in [0.717, 1.165) is 0 Å². The number of amides is 2. The molecule has 2 N–H and O–H groups in total. The third-order valence-electron chi connectivity index (χ3n) is 3.70. The van der Waals surface area contributed by atoms with Crippen molar-refractivity contribution in [3.05, 3.63) is 48.3 Å². The van der Waals surface area contributed by atoms with E-state index in [1.54, 1.807) is 47.6 Å². The van der Waals surface area contributed by atoms with Crippen LogP contribution in [0.1, 0.15) is 10.4 Å². The van der Waals surface area contributed by atoms with Crippen molar-refractivity contribution in [1.82, 2.24) is 9.88 Å². The van der Waals surface area contributed by atoms with Crippen molar-refractivity contribution in [2.24, 2.45) is 0 Å². The Labute approximate surface area is 139 Å². The van der Waals surface area contributed by atoms with Crippen molar-refractivity contribution in [1.29, 1.82) is 0 Å². The van der Waals surface area contributed by atoms with E-state index >= 15 is 0 Å². The molecule has 24 heavy (non-hydrogen) atoms. The average Bonchev–Trinajstić information content (AvgIpc) is 3.16. The van der Waals surface area contributed by atoms with E-state index in [-0.39, 0.29) is 18.4 Å². The lowest BCUT2D eigenvalue weighted by molar-refractivity contribution is -0.137. The summed E-state index contributed by atoms with van der Waals surface area (Å²) in [7, 11) is 0. The maximum Gasteiger partial charge on any atom is 0.260 e. The number of aromatic amines is 1. The largest absolute Gasteiger partial charge is 0.484 e. The minimum atomic E-state index is -0.188. The van der Waals surface area contributed by atoms with Crippen LogP contribution < -0.4 is 10.1 Å². The number of anilines is 1. The normalized spacial score (nSPS) is 14.2. The zero-order valence-electron chi connectivity index (χ0n) is 13.2. The fourth-order valence-electron chi connectivity index (χ4n) is 2.35. The highest BCUT2D eigenvalue weighted by Gasteiger charge is 2.17. The lowest BCUT2D eigenvalue weighted by Crippen LogP contribution is -2.42. The van der Waals surface area contributed by atoms with Gasteiger partial charge in [-0.2, -0.15) is 0 Å². The molecule has 1 saturated heterocycles. The van der Waals surface area contributed by atoms with Gasteiger partial charge in [-0.25, -0.2) is 0 Å². The van der Waals surface area contributed by atoms with E-state index in [4.69, 9.17) is 9.47 Å². The van der Waals surface area contributed by atoms with E-state index in [1.807, 2.05) is 0 Å². The first kappa shape index (κ1) is 16.1. The van der Waals surface area contributed by atoms with Crippen molar-refractivity contribution in [3.63, 3.8) is 0 Å². The quantitative estimate of drug-likeness (QED) is 0.871. The molecule has 0 radical (unpaired) electrons. The number of rotatable bonds is 5. The van der Waals surface area contributed by atoms with Crippen molar-refractivity contribution in [3.8, 4) is 5.75 Å². The molecule has 0 spiro atoms. The summed E-state index contributed by atoms with van der Waals surface area (Å²) in [5.74, 6) is 0.340. The molecule has 1 aromatic carbocycles. The number of morpholine rings is 1. The van der Waals surface area contributed by atoms with Gasteiger partial charge in [0.2, 0.25) is 0 Å². The average molecular weight is 329 g/mol. The predicted octanol–water partition coefficient (Wildman–Crippen LogP) is 1.50. The summed E-state index contributed by atoms with van der Waals surface area (Å²) in [6.07, 6.45) is 3.32. The summed E-state index contributed by atoms with van der Waals surface area (Å²) in [6, 6.07) is 8.61. The molecular formula is C17H19N3O4. The fourth-order valence-corrected chi connectivity index (χ4v) is 2.35. The van der Waals surface area contributed by atoms with Crippen LogP contribution in [0.4, 0.5) is 5.69 Å². The van der Waals surface area contributed by atoms with Crippen LogP contribution in [-0.2, 0) is 9.53 Å². The summed E-state index contributed by atoms with van der Waals surface area (Å²) < 4.78 is 10.7. The molecule has 7 nitrogen and oxygen atoms in total. The number of carbonyl (C=O) groups excluding carboxylic acids is 2. The molecule has 0 bridgehead atoms. The van der Waals surface area contributed by atoms with Crippen molar-refractivity contribution in [2.45, 2.75) is 0 Å². The van der Waals surface area contributed by atoms with Gasteiger partial charge in [0, 0.05) is 31.2 Å². The van der Waals surface area contributed by atoms with Gasteiger partial charge in [-0.05, 0) is 30.3 Å². The lowest BCUT2D eigenvalue weighted by Gasteiger charge is -2.26. The van der Waals surface area contributed by atoms with Crippen molar-refractivity contribution in [2.75, 3.05) is 38.2 Å². The second-order valence-electron chi connectivity index (χ2n) is 5.36. The van der Waals surface area contributed by atoms with Gasteiger partial charge >= 0.3 is 0 Å². The zero-order valence-corrected chi connectivity index (χ0v) is 13.2. The van der Waals surface area contributed by atoms with Crippen LogP contribution in [0.5, 0.6) is 5.75 Å². The number of ether oxygens (including phenoxy) is 2. The van der Waals surface area contributed by atoms with Crippen LogP contribution in [0.2, 0.25) is 0 Å². The number of nitrogens with one attached hydrogen (secondary N) is 2. The molecule has 7 heteroatoms. The van der Waals surface area contributed by atoms with Crippen LogP contribution in [0.15, 0.2) is 42.7 Å². The standard InChI is InChI=1S/C17H19N3O4/c21-16(20-7-9-23-10-8-20)12-24-15-3-1-14(2-4-15)19-17(22)13-5-6-18-11-13/h1-6,11,18H,7-10,12H2,(H,19,22). The molecule has 126 valence electrons. The van der Waals surface area contributed by atoms with Gasteiger partial charge in [-0.3, -0.25) is 9.59 Å². The van der Waals surface area contributed by atoms with Gasteiger partial charge in [0.05, 0.1) is 18.8 Å². The number of benzene rings is 1. The predicted molar refractivity (Wildman–Crippen MR) is 88.1 cm³/mol. The Bertz CT molecular complexity index is 676. The Balaban J connectivity index is 1.49. The second-order valence-corrected chi connectivity index (χ2v) is 5.36. The maximum atomic E-state index is 12.0. The van der Waals surface area contributed by atoms with E-state index in [2.05, 4.69) is 10.3 Å². The van der Waals surface area contributed by atoms with Gasteiger partial charge in [0.1, 0.15) is 5.75 Å². The summed E-state index contributed by atoms with van der Waals surface area (Å²) >= 11 is 0. The molecule has 1 aliphatic heterocycles. The molecule has 2 heterocycles. The molecule has 0 unspecified atom stereocenters. The first-order valence-electron chi connectivity index (χ1n) is 7.75. The molecule has 0 saturated carbocycles. The fraction of sp³-hybridized carbons (Fsp3) is 0.294. The number of H-pyrrole nitrogens is 1. The Hall–Kier alpha value is -2.80. The van der Waals surface area contributed by atoms with E-state index in [0.29, 0.717) is 43.3 Å². The number of aromatic nitrogens is 1. The van der Waals surface area contributed by atoms with Gasteiger partial charge in [-0.1, -0.05) is 0 Å². The Morgan fingerprint density at radius 1 is 1.17 bits per heavy atom. The number of hydrogen-bond acceptors (Lipinski definition) is 4. The molecule has 2 aromatic rings. The van der Waals surface area contributed by atoms with Gasteiger partial charge in [0.15, 0.2) is 6.61 Å². The van der Waals surface area contributed by atoms with Crippen LogP contribution in [0.25, 0.3) is 0 Å². The number of nitrogens with zero attached hydrogens (tertiary/aromatic N) is 1. The monoisotopic (exact) mass is 329 g/mol. The van der Waals surface area contributed by atoms with E-state index in [1.165, 1.54) is 0 Å². The van der Waals surface area contributed by atoms with Crippen LogP contribution in [-0.4, -0.2) is 54.6 Å². The smallest absolute Gasteiger partial charge is 0.260 e. The highest BCUT2D eigenvalue weighted by molar-refractivity contribution is 6.04. The molecule has 1 aromatic heterocycles. The molecule has 3 rings (SSSR count). The minimum Gasteiger partial charge on any atom is -0.484 e. The molecule has 0 aliphatic carbocycles.